The van der Waals surface area contributed by atoms with Gasteiger partial charge in [0, 0.05) is 27.0 Å². The molecule has 10 heteroatoms. The monoisotopic (exact) mass is 499 g/mol. The predicted molar refractivity (Wildman–Crippen MR) is 115 cm³/mol. The van der Waals surface area contributed by atoms with E-state index in [4.69, 9.17) is 14.9 Å². The Hall–Kier alpha value is -2.59. The zero-order chi connectivity index (χ0) is 22.5. The number of carbonyl (C=O) groups is 1. The lowest BCUT2D eigenvalue weighted by Gasteiger charge is -2.19. The van der Waals surface area contributed by atoms with Crippen LogP contribution in [0.1, 0.15) is 22.5 Å². The number of benzene rings is 1. The van der Waals surface area contributed by atoms with E-state index in [1.807, 2.05) is 12.1 Å². The van der Waals surface area contributed by atoms with E-state index in [1.54, 1.807) is 13.0 Å². The predicted octanol–water partition coefficient (Wildman–Crippen LogP) is 4.63. The first-order valence-corrected chi connectivity index (χ1v) is 10.2. The van der Waals surface area contributed by atoms with Crippen molar-refractivity contribution in [3.63, 3.8) is 0 Å². The Morgan fingerprint density at radius 1 is 1.42 bits per heavy atom. The summed E-state index contributed by atoms with van der Waals surface area (Å²) in [7, 11) is 0. The lowest BCUT2D eigenvalue weighted by molar-refractivity contribution is 0.0321. The summed E-state index contributed by atoms with van der Waals surface area (Å²) in [5.41, 5.74) is 7.40. The van der Waals surface area contributed by atoms with Crippen LogP contribution < -0.4 is 11.1 Å². The SMILES string of the molecule is Cc1c(C(=O)NC2=CC=C(F)C(C/N=C(/N)COCC(F)F)C2)oc2ccc(Br)cc12. The fraction of sp³-hybridized carbons (Fsp3) is 0.333. The van der Waals surface area contributed by atoms with E-state index in [9.17, 15) is 18.0 Å². The molecule has 1 aromatic heterocycles. The van der Waals surface area contributed by atoms with Crippen LogP contribution in [0.15, 0.2) is 55.8 Å². The number of hydrogen-bond donors (Lipinski definition) is 2. The standard InChI is InChI=1S/C21H21BrF3N3O3/c1-11-15-7-13(22)2-5-17(15)31-20(11)21(29)28-14-3-4-16(23)12(6-14)8-27-19(26)10-30-9-18(24)25/h2-5,7,12,18H,6,8-10H2,1H3,(H2,26,27)(H,28,29). The summed E-state index contributed by atoms with van der Waals surface area (Å²) < 4.78 is 49.6. The zero-order valence-electron chi connectivity index (χ0n) is 16.6. The van der Waals surface area contributed by atoms with E-state index < -0.39 is 30.7 Å². The van der Waals surface area contributed by atoms with Crippen LogP contribution in [0.3, 0.4) is 0 Å². The van der Waals surface area contributed by atoms with Crippen LogP contribution >= 0.6 is 15.9 Å². The number of halogens is 4. The van der Waals surface area contributed by atoms with Gasteiger partial charge in [-0.2, -0.15) is 0 Å². The summed E-state index contributed by atoms with van der Waals surface area (Å²) in [4.78, 5) is 16.7. The maximum absolute atomic E-state index is 14.2. The Balaban J connectivity index is 1.62. The highest BCUT2D eigenvalue weighted by molar-refractivity contribution is 9.10. The highest BCUT2D eigenvalue weighted by Crippen LogP contribution is 2.29. The first-order chi connectivity index (χ1) is 14.7. The van der Waals surface area contributed by atoms with E-state index in [-0.39, 0.29) is 31.2 Å². The van der Waals surface area contributed by atoms with Crippen molar-refractivity contribution >= 4 is 38.6 Å². The number of alkyl halides is 2. The fourth-order valence-corrected chi connectivity index (χ4v) is 3.49. The Kier molecular flexibility index (Phi) is 7.55. The molecule has 1 heterocycles. The smallest absolute Gasteiger partial charge is 0.291 e. The first kappa shape index (κ1) is 23.1. The minimum atomic E-state index is -2.60. The van der Waals surface area contributed by atoms with Crippen LogP contribution in [0.4, 0.5) is 13.2 Å². The van der Waals surface area contributed by atoms with Crippen molar-refractivity contribution in [2.45, 2.75) is 19.8 Å². The summed E-state index contributed by atoms with van der Waals surface area (Å²) >= 11 is 3.40. The van der Waals surface area contributed by atoms with Gasteiger partial charge in [-0.1, -0.05) is 15.9 Å². The maximum atomic E-state index is 14.2. The number of nitrogens with one attached hydrogen (secondary N) is 1. The first-order valence-electron chi connectivity index (χ1n) is 9.45. The highest BCUT2D eigenvalue weighted by atomic mass is 79.9. The maximum Gasteiger partial charge on any atom is 0.291 e. The molecule has 1 aliphatic rings. The number of nitrogens with zero attached hydrogens (tertiary/aromatic N) is 1. The topological polar surface area (TPSA) is 89.9 Å². The zero-order valence-corrected chi connectivity index (χ0v) is 18.2. The number of allylic oxidation sites excluding steroid dienone is 3. The second-order valence-electron chi connectivity index (χ2n) is 7.03. The second kappa shape index (κ2) is 10.1. The average molecular weight is 500 g/mol. The van der Waals surface area contributed by atoms with Gasteiger partial charge in [-0.3, -0.25) is 9.79 Å². The van der Waals surface area contributed by atoms with Crippen molar-refractivity contribution in [1.82, 2.24) is 5.32 Å². The average Bonchev–Trinajstić information content (AvgIpc) is 3.04. The number of carbonyl (C=O) groups excluding carboxylic acids is 1. The van der Waals surface area contributed by atoms with Crippen molar-refractivity contribution in [3.8, 4) is 0 Å². The van der Waals surface area contributed by atoms with E-state index in [1.165, 1.54) is 12.2 Å². The number of aliphatic imine (C=N–C) groups is 1. The van der Waals surface area contributed by atoms with Gasteiger partial charge in [0.2, 0.25) is 0 Å². The van der Waals surface area contributed by atoms with Crippen LogP contribution in [-0.4, -0.2) is 37.9 Å². The number of amidine groups is 1. The third kappa shape index (κ3) is 5.98. The van der Waals surface area contributed by atoms with Crippen molar-refractivity contribution in [3.05, 3.63) is 57.7 Å². The van der Waals surface area contributed by atoms with Gasteiger partial charge in [0.15, 0.2) is 5.76 Å². The molecule has 0 saturated carbocycles. The van der Waals surface area contributed by atoms with E-state index in [0.29, 0.717) is 16.8 Å². The molecular weight excluding hydrogens is 479 g/mol. The number of ether oxygens (including phenoxy) is 1. The van der Waals surface area contributed by atoms with Gasteiger partial charge >= 0.3 is 0 Å². The van der Waals surface area contributed by atoms with Gasteiger partial charge in [0.25, 0.3) is 12.3 Å². The van der Waals surface area contributed by atoms with Crippen LogP contribution in [0.5, 0.6) is 0 Å². The highest BCUT2D eigenvalue weighted by Gasteiger charge is 2.23. The summed E-state index contributed by atoms with van der Waals surface area (Å²) in [6.45, 7) is 0.782. The molecule has 0 fully saturated rings. The van der Waals surface area contributed by atoms with E-state index in [2.05, 4.69) is 26.2 Å². The summed E-state index contributed by atoms with van der Waals surface area (Å²) in [6, 6.07) is 5.45. The Morgan fingerprint density at radius 3 is 2.94 bits per heavy atom. The van der Waals surface area contributed by atoms with Gasteiger partial charge in [0.1, 0.15) is 30.5 Å². The number of amides is 1. The molecule has 6 nitrogen and oxygen atoms in total. The molecule has 166 valence electrons. The van der Waals surface area contributed by atoms with Gasteiger partial charge in [-0.05, 0) is 43.7 Å². The van der Waals surface area contributed by atoms with E-state index >= 15 is 0 Å². The number of rotatable bonds is 8. The molecule has 1 atom stereocenters. The Labute approximate surface area is 185 Å². The molecule has 0 spiro atoms. The fourth-order valence-electron chi connectivity index (χ4n) is 3.13. The lowest BCUT2D eigenvalue weighted by atomic mass is 9.96. The molecule has 2 aromatic rings. The summed E-state index contributed by atoms with van der Waals surface area (Å²) in [6.07, 6.45) is 0.329. The van der Waals surface area contributed by atoms with Gasteiger partial charge in [-0.25, -0.2) is 13.2 Å². The number of hydrogen-bond acceptors (Lipinski definition) is 4. The molecule has 31 heavy (non-hydrogen) atoms. The summed E-state index contributed by atoms with van der Waals surface area (Å²) in [5.74, 6) is -1.31. The quantitative estimate of drug-likeness (QED) is 0.409. The minimum absolute atomic E-state index is 0.00218. The normalized spacial score (nSPS) is 17.1. The third-order valence-corrected chi connectivity index (χ3v) is 5.18. The molecule has 0 bridgehead atoms. The molecule has 3 rings (SSSR count). The number of aryl methyl sites for hydroxylation is 1. The Morgan fingerprint density at radius 2 is 2.19 bits per heavy atom. The minimum Gasteiger partial charge on any atom is -0.451 e. The molecule has 3 N–H and O–H groups in total. The summed E-state index contributed by atoms with van der Waals surface area (Å²) in [5, 5.41) is 3.57. The van der Waals surface area contributed by atoms with Crippen molar-refractivity contribution in [2.24, 2.45) is 16.6 Å². The van der Waals surface area contributed by atoms with E-state index in [0.717, 1.165) is 9.86 Å². The molecule has 1 aliphatic carbocycles. The number of fused-ring (bicyclic) bond motifs is 1. The van der Waals surface area contributed by atoms with Crippen LogP contribution in [0.2, 0.25) is 0 Å². The van der Waals surface area contributed by atoms with Crippen LogP contribution in [0, 0.1) is 12.8 Å². The largest absolute Gasteiger partial charge is 0.451 e. The van der Waals surface area contributed by atoms with Crippen LogP contribution in [0.25, 0.3) is 11.0 Å². The molecule has 0 saturated heterocycles. The number of furan rings is 1. The van der Waals surface area contributed by atoms with Crippen molar-refractivity contribution in [2.75, 3.05) is 19.8 Å². The molecular formula is C21H21BrF3N3O3. The van der Waals surface area contributed by atoms with Crippen molar-refractivity contribution < 1.29 is 27.1 Å². The van der Waals surface area contributed by atoms with Crippen LogP contribution in [-0.2, 0) is 4.74 Å². The van der Waals surface area contributed by atoms with Crippen molar-refractivity contribution in [1.29, 1.82) is 0 Å². The third-order valence-electron chi connectivity index (χ3n) is 4.69. The van der Waals surface area contributed by atoms with Gasteiger partial charge in [0.05, 0.1) is 6.54 Å². The molecule has 1 unspecified atom stereocenters. The molecule has 1 amide bonds. The Bertz CT molecular complexity index is 1060. The lowest BCUT2D eigenvalue weighted by Crippen LogP contribution is -2.27. The second-order valence-corrected chi connectivity index (χ2v) is 7.95. The number of nitrogens with two attached hydrogens (primary N) is 1. The molecule has 1 aromatic carbocycles. The van der Waals surface area contributed by atoms with Gasteiger partial charge in [-0.15, -0.1) is 0 Å². The molecule has 0 aliphatic heterocycles. The molecule has 0 radical (unpaired) electrons. The van der Waals surface area contributed by atoms with Gasteiger partial charge < -0.3 is 20.2 Å².